The molecule has 1 heterocycles. The second kappa shape index (κ2) is 5.46. The second-order valence-electron chi connectivity index (χ2n) is 4.67. The molecular weight excluding hydrogens is 282 g/mol. The molecule has 0 fully saturated rings. The van der Waals surface area contributed by atoms with Crippen molar-refractivity contribution in [1.82, 2.24) is 4.98 Å². The number of hydrogen-bond donors (Lipinski definition) is 1. The lowest BCUT2D eigenvalue weighted by atomic mass is 10.1. The number of aryl methyl sites for hydroxylation is 2. The molecule has 0 bridgehead atoms. The van der Waals surface area contributed by atoms with Crippen LogP contribution in [-0.2, 0) is 12.8 Å². The maximum atomic E-state index is 12.4. The van der Waals surface area contributed by atoms with E-state index in [0.29, 0.717) is 5.56 Å². The van der Waals surface area contributed by atoms with Gasteiger partial charge in [0.25, 0.3) is 0 Å². The van der Waals surface area contributed by atoms with E-state index in [0.717, 1.165) is 30.0 Å². The number of halogens is 2. The summed E-state index contributed by atoms with van der Waals surface area (Å²) in [5.41, 5.74) is 7.82. The van der Waals surface area contributed by atoms with E-state index in [1.54, 1.807) is 29.5 Å². The van der Waals surface area contributed by atoms with Crippen LogP contribution >= 0.6 is 11.3 Å². The molecule has 6 heteroatoms. The molecular formula is C14H14F2N2OS. The van der Waals surface area contributed by atoms with Gasteiger partial charge in [0.2, 0.25) is 0 Å². The second-order valence-corrected chi connectivity index (χ2v) is 5.78. The van der Waals surface area contributed by atoms with Crippen LogP contribution in [-0.4, -0.2) is 11.6 Å². The molecule has 1 unspecified atom stereocenters. The van der Waals surface area contributed by atoms with Crippen LogP contribution in [0.3, 0.4) is 0 Å². The highest BCUT2D eigenvalue weighted by atomic mass is 32.1. The van der Waals surface area contributed by atoms with Gasteiger partial charge in [0.1, 0.15) is 10.8 Å². The Kier molecular flexibility index (Phi) is 3.67. The summed E-state index contributed by atoms with van der Waals surface area (Å²) in [7, 11) is 0. The Bertz CT molecular complexity index is 593. The van der Waals surface area contributed by atoms with E-state index in [-0.39, 0.29) is 5.75 Å². The van der Waals surface area contributed by atoms with Gasteiger partial charge in [0, 0.05) is 10.4 Å². The highest BCUT2D eigenvalue weighted by molar-refractivity contribution is 7.11. The van der Waals surface area contributed by atoms with Crippen molar-refractivity contribution in [3.05, 3.63) is 45.4 Å². The first-order valence-electron chi connectivity index (χ1n) is 6.43. The minimum Gasteiger partial charge on any atom is -0.434 e. The van der Waals surface area contributed by atoms with Crippen LogP contribution in [0.25, 0.3) is 0 Å². The number of thiazole rings is 1. The third-order valence-corrected chi connectivity index (χ3v) is 4.59. The van der Waals surface area contributed by atoms with Crippen molar-refractivity contribution in [3.8, 4) is 5.75 Å². The van der Waals surface area contributed by atoms with E-state index >= 15 is 0 Å². The van der Waals surface area contributed by atoms with Gasteiger partial charge in [-0.25, -0.2) is 4.98 Å². The zero-order valence-corrected chi connectivity index (χ0v) is 11.5. The first-order valence-corrected chi connectivity index (χ1v) is 7.24. The van der Waals surface area contributed by atoms with E-state index in [1.807, 2.05) is 0 Å². The molecule has 1 atom stereocenters. The number of fused-ring (bicyclic) bond motifs is 1. The molecule has 0 saturated heterocycles. The predicted octanol–water partition coefficient (Wildman–Crippen LogP) is 3.28. The summed E-state index contributed by atoms with van der Waals surface area (Å²) in [5.74, 6) is 0.116. The molecule has 20 heavy (non-hydrogen) atoms. The number of rotatable bonds is 4. The Morgan fingerprint density at radius 2 is 2.05 bits per heavy atom. The summed E-state index contributed by atoms with van der Waals surface area (Å²) in [4.78, 5) is 5.80. The van der Waals surface area contributed by atoms with Crippen LogP contribution in [0.1, 0.15) is 33.6 Å². The number of nitrogens with zero attached hydrogens (tertiary/aromatic N) is 1. The summed E-state index contributed by atoms with van der Waals surface area (Å²) in [6, 6.07) is 6.09. The van der Waals surface area contributed by atoms with Gasteiger partial charge < -0.3 is 10.5 Å². The van der Waals surface area contributed by atoms with Crippen molar-refractivity contribution in [3.63, 3.8) is 0 Å². The van der Waals surface area contributed by atoms with Gasteiger partial charge in [-0.2, -0.15) is 8.78 Å². The van der Waals surface area contributed by atoms with Crippen molar-refractivity contribution in [1.29, 1.82) is 0 Å². The topological polar surface area (TPSA) is 48.1 Å². The molecule has 2 aromatic rings. The average molecular weight is 296 g/mol. The molecule has 0 saturated carbocycles. The lowest BCUT2D eigenvalue weighted by Crippen LogP contribution is -2.14. The molecule has 3 rings (SSSR count). The Labute approximate surface area is 119 Å². The first-order chi connectivity index (χ1) is 9.65. The quantitative estimate of drug-likeness (QED) is 0.942. The number of para-hydroxylation sites is 1. The van der Waals surface area contributed by atoms with Gasteiger partial charge in [-0.15, -0.1) is 11.3 Å². The Hall–Kier alpha value is -1.53. The Balaban J connectivity index is 1.91. The smallest absolute Gasteiger partial charge is 0.387 e. The molecule has 2 N–H and O–H groups in total. The van der Waals surface area contributed by atoms with E-state index in [4.69, 9.17) is 5.73 Å². The number of hydrogen-bond acceptors (Lipinski definition) is 4. The maximum Gasteiger partial charge on any atom is 0.387 e. The Morgan fingerprint density at radius 3 is 2.80 bits per heavy atom. The largest absolute Gasteiger partial charge is 0.434 e. The molecule has 1 aliphatic carbocycles. The standard InChI is InChI=1S/C14H14F2N2OS/c15-14(16)19-10-6-2-1-4-8(10)12(17)13-18-9-5-3-7-11(9)20-13/h1-2,4,6,12,14H,3,5,7,17H2. The van der Waals surface area contributed by atoms with Gasteiger partial charge in [-0.05, 0) is 25.3 Å². The molecule has 106 valence electrons. The first kappa shape index (κ1) is 13.5. The number of nitrogens with two attached hydrogens (primary N) is 1. The predicted molar refractivity (Wildman–Crippen MR) is 73.2 cm³/mol. The van der Waals surface area contributed by atoms with Crippen molar-refractivity contribution < 1.29 is 13.5 Å². The van der Waals surface area contributed by atoms with Crippen LogP contribution in [0.5, 0.6) is 5.75 Å². The van der Waals surface area contributed by atoms with Gasteiger partial charge in [-0.3, -0.25) is 0 Å². The summed E-state index contributed by atoms with van der Waals surface area (Å²) >= 11 is 1.57. The molecule has 3 nitrogen and oxygen atoms in total. The van der Waals surface area contributed by atoms with E-state index in [9.17, 15) is 8.78 Å². The lowest BCUT2D eigenvalue weighted by Gasteiger charge is -2.14. The molecule has 1 aromatic heterocycles. The summed E-state index contributed by atoms with van der Waals surface area (Å²) in [5, 5.41) is 0.764. The van der Waals surface area contributed by atoms with Crippen molar-refractivity contribution in [2.75, 3.05) is 0 Å². The zero-order chi connectivity index (χ0) is 14.1. The normalized spacial score (nSPS) is 15.4. The van der Waals surface area contributed by atoms with Crippen molar-refractivity contribution >= 4 is 11.3 Å². The zero-order valence-electron chi connectivity index (χ0n) is 10.7. The highest BCUT2D eigenvalue weighted by Crippen LogP contribution is 2.35. The van der Waals surface area contributed by atoms with Gasteiger partial charge >= 0.3 is 6.61 Å². The number of aromatic nitrogens is 1. The third-order valence-electron chi connectivity index (χ3n) is 3.35. The minimum atomic E-state index is -2.86. The summed E-state index contributed by atoms with van der Waals surface area (Å²) in [6.45, 7) is -2.86. The summed E-state index contributed by atoms with van der Waals surface area (Å²) < 4.78 is 29.4. The molecule has 0 spiro atoms. The lowest BCUT2D eigenvalue weighted by molar-refractivity contribution is -0.0505. The van der Waals surface area contributed by atoms with Crippen molar-refractivity contribution in [2.24, 2.45) is 5.73 Å². The fraction of sp³-hybridized carbons (Fsp3) is 0.357. The molecule has 1 aliphatic rings. The fourth-order valence-corrected chi connectivity index (χ4v) is 3.59. The minimum absolute atomic E-state index is 0.116. The monoisotopic (exact) mass is 296 g/mol. The van der Waals surface area contributed by atoms with Gasteiger partial charge in [0.15, 0.2) is 0 Å². The SMILES string of the molecule is NC(c1nc2c(s1)CCC2)c1ccccc1OC(F)F. The van der Waals surface area contributed by atoms with Crippen LogP contribution < -0.4 is 10.5 Å². The number of ether oxygens (including phenoxy) is 1. The van der Waals surface area contributed by atoms with Crippen LogP contribution in [0, 0.1) is 0 Å². The van der Waals surface area contributed by atoms with E-state index in [2.05, 4.69) is 9.72 Å². The van der Waals surface area contributed by atoms with Gasteiger partial charge in [0.05, 0.1) is 11.7 Å². The van der Waals surface area contributed by atoms with Crippen molar-refractivity contribution in [2.45, 2.75) is 31.9 Å². The maximum absolute atomic E-state index is 12.4. The molecule has 0 radical (unpaired) electrons. The van der Waals surface area contributed by atoms with Crippen LogP contribution in [0.15, 0.2) is 24.3 Å². The third kappa shape index (κ3) is 2.53. The molecule has 0 aliphatic heterocycles. The fourth-order valence-electron chi connectivity index (χ4n) is 2.42. The molecule has 1 aromatic carbocycles. The van der Waals surface area contributed by atoms with Crippen LogP contribution in [0.2, 0.25) is 0 Å². The molecule has 0 amide bonds. The highest BCUT2D eigenvalue weighted by Gasteiger charge is 2.23. The summed E-state index contributed by atoms with van der Waals surface area (Å²) in [6.07, 6.45) is 3.15. The number of benzene rings is 1. The van der Waals surface area contributed by atoms with E-state index in [1.165, 1.54) is 10.9 Å². The van der Waals surface area contributed by atoms with E-state index < -0.39 is 12.7 Å². The van der Waals surface area contributed by atoms with Gasteiger partial charge in [-0.1, -0.05) is 18.2 Å². The average Bonchev–Trinajstić information content (AvgIpc) is 2.98. The Morgan fingerprint density at radius 1 is 1.25 bits per heavy atom. The number of alkyl halides is 2. The van der Waals surface area contributed by atoms with Crippen LogP contribution in [0.4, 0.5) is 8.78 Å².